The van der Waals surface area contributed by atoms with Crippen LogP contribution in [0, 0.1) is 5.82 Å². The van der Waals surface area contributed by atoms with Crippen LogP contribution < -0.4 is 0 Å². The zero-order valence-electron chi connectivity index (χ0n) is 9.54. The first-order chi connectivity index (χ1) is 8.99. The summed E-state index contributed by atoms with van der Waals surface area (Å²) in [5.74, 6) is -0.694. The van der Waals surface area contributed by atoms with Crippen LogP contribution in [0.2, 0.25) is 5.02 Å². The van der Waals surface area contributed by atoms with E-state index in [1.165, 1.54) is 24.3 Å². The second-order valence-corrected chi connectivity index (χ2v) is 5.66. The van der Waals surface area contributed by atoms with Gasteiger partial charge in [0.25, 0.3) is 0 Å². The lowest BCUT2D eigenvalue weighted by Crippen LogP contribution is -2.08. The van der Waals surface area contributed by atoms with Crippen molar-refractivity contribution in [1.82, 2.24) is 0 Å². The summed E-state index contributed by atoms with van der Waals surface area (Å²) in [5, 5.41) is -0.562. The van der Waals surface area contributed by atoms with Crippen LogP contribution >= 0.6 is 39.1 Å². The van der Waals surface area contributed by atoms with Gasteiger partial charge in [-0.15, -0.1) is 11.6 Å². The number of halogens is 4. The van der Waals surface area contributed by atoms with Gasteiger partial charge in [-0.2, -0.15) is 0 Å². The third kappa shape index (κ3) is 3.35. The number of benzene rings is 2. The quantitative estimate of drug-likeness (QED) is 0.528. The molecule has 2 aromatic rings. The second kappa shape index (κ2) is 6.04. The van der Waals surface area contributed by atoms with Gasteiger partial charge in [0.15, 0.2) is 5.78 Å². The largest absolute Gasteiger partial charge is 0.292 e. The number of hydrogen-bond acceptors (Lipinski definition) is 1. The Morgan fingerprint density at radius 3 is 2.42 bits per heavy atom. The Morgan fingerprint density at radius 2 is 1.79 bits per heavy atom. The summed E-state index contributed by atoms with van der Waals surface area (Å²) in [6, 6.07) is 10.5. The molecule has 0 saturated heterocycles. The number of Topliss-reactive ketones (excluding diaryl/α,β-unsaturated/α-hetero) is 1. The van der Waals surface area contributed by atoms with E-state index < -0.39 is 5.38 Å². The fraction of sp³-hybridized carbons (Fsp3) is 0.0714. The van der Waals surface area contributed by atoms with E-state index in [0.29, 0.717) is 16.1 Å². The average molecular weight is 362 g/mol. The van der Waals surface area contributed by atoms with Crippen molar-refractivity contribution in [2.45, 2.75) is 5.38 Å². The minimum Gasteiger partial charge on any atom is -0.292 e. The zero-order valence-corrected chi connectivity index (χ0v) is 12.6. The van der Waals surface area contributed by atoms with Gasteiger partial charge in [0.2, 0.25) is 0 Å². The van der Waals surface area contributed by atoms with Crippen LogP contribution in [0.4, 0.5) is 4.39 Å². The Hall–Kier alpha value is -0.900. The Kier molecular flexibility index (Phi) is 4.61. The zero-order chi connectivity index (χ0) is 14.0. The summed E-state index contributed by atoms with van der Waals surface area (Å²) in [6.07, 6.45) is 0. The smallest absolute Gasteiger partial charge is 0.186 e. The molecular weight excluding hydrogens is 354 g/mol. The van der Waals surface area contributed by atoms with Gasteiger partial charge in [-0.25, -0.2) is 4.39 Å². The standard InChI is InChI=1S/C14H8BrCl2FO/c15-9-3-6-12(16)11(7-9)14(19)13(17)8-1-4-10(18)5-2-8/h1-7,13H. The summed E-state index contributed by atoms with van der Waals surface area (Å²) in [5.41, 5.74) is 0.865. The van der Waals surface area contributed by atoms with Crippen LogP contribution in [-0.2, 0) is 0 Å². The Balaban J connectivity index is 2.33. The molecule has 0 saturated carbocycles. The molecule has 0 aliphatic rings. The van der Waals surface area contributed by atoms with Crippen LogP contribution in [0.5, 0.6) is 0 Å². The first kappa shape index (κ1) is 14.5. The van der Waals surface area contributed by atoms with Crippen LogP contribution in [0.15, 0.2) is 46.9 Å². The van der Waals surface area contributed by atoms with E-state index >= 15 is 0 Å². The molecular formula is C14H8BrCl2FO. The number of rotatable bonds is 3. The van der Waals surface area contributed by atoms with E-state index in [0.717, 1.165) is 4.47 Å². The van der Waals surface area contributed by atoms with Gasteiger partial charge in [0.1, 0.15) is 11.2 Å². The Labute approximate surface area is 128 Å². The van der Waals surface area contributed by atoms with Gasteiger partial charge in [0, 0.05) is 10.0 Å². The van der Waals surface area contributed by atoms with Crippen molar-refractivity contribution < 1.29 is 9.18 Å². The highest BCUT2D eigenvalue weighted by Gasteiger charge is 2.21. The lowest BCUT2D eigenvalue weighted by molar-refractivity contribution is 0.0987. The van der Waals surface area contributed by atoms with Crippen LogP contribution in [0.1, 0.15) is 21.3 Å². The SMILES string of the molecule is O=C(c1cc(Br)ccc1Cl)C(Cl)c1ccc(F)cc1. The van der Waals surface area contributed by atoms with E-state index in [4.69, 9.17) is 23.2 Å². The summed E-state index contributed by atoms with van der Waals surface area (Å²) in [4.78, 5) is 12.3. The minimum atomic E-state index is -0.896. The molecule has 5 heteroatoms. The number of carbonyl (C=O) groups is 1. The molecule has 0 aliphatic carbocycles. The van der Waals surface area contributed by atoms with Crippen molar-refractivity contribution in [2.24, 2.45) is 0 Å². The maximum Gasteiger partial charge on any atom is 0.186 e. The van der Waals surface area contributed by atoms with Gasteiger partial charge in [-0.3, -0.25) is 4.79 Å². The van der Waals surface area contributed by atoms with Crippen molar-refractivity contribution >= 4 is 44.9 Å². The van der Waals surface area contributed by atoms with E-state index in [1.807, 2.05) is 0 Å². The molecule has 0 bridgehead atoms. The highest BCUT2D eigenvalue weighted by Crippen LogP contribution is 2.30. The molecule has 0 aromatic heterocycles. The first-order valence-corrected chi connectivity index (χ1v) is 6.98. The molecule has 0 spiro atoms. The molecule has 0 heterocycles. The van der Waals surface area contributed by atoms with Gasteiger partial charge < -0.3 is 0 Å². The predicted molar refractivity (Wildman–Crippen MR) is 78.5 cm³/mol. The van der Waals surface area contributed by atoms with Gasteiger partial charge >= 0.3 is 0 Å². The highest BCUT2D eigenvalue weighted by molar-refractivity contribution is 9.10. The number of ketones is 1. The highest BCUT2D eigenvalue weighted by atomic mass is 79.9. The van der Waals surface area contributed by atoms with Gasteiger partial charge in [-0.1, -0.05) is 39.7 Å². The van der Waals surface area contributed by atoms with Crippen molar-refractivity contribution in [3.05, 3.63) is 68.9 Å². The van der Waals surface area contributed by atoms with Crippen molar-refractivity contribution in [3.8, 4) is 0 Å². The van der Waals surface area contributed by atoms with Gasteiger partial charge in [-0.05, 0) is 35.9 Å². The first-order valence-electron chi connectivity index (χ1n) is 5.38. The second-order valence-electron chi connectivity index (χ2n) is 3.90. The molecule has 98 valence electrons. The third-order valence-electron chi connectivity index (χ3n) is 2.59. The summed E-state index contributed by atoms with van der Waals surface area (Å²) in [6.45, 7) is 0. The number of carbonyl (C=O) groups excluding carboxylic acids is 1. The van der Waals surface area contributed by atoms with E-state index in [2.05, 4.69) is 15.9 Å². The lowest BCUT2D eigenvalue weighted by Gasteiger charge is -2.10. The fourth-order valence-corrected chi connectivity index (χ4v) is 2.44. The van der Waals surface area contributed by atoms with E-state index in [9.17, 15) is 9.18 Å². The molecule has 1 nitrogen and oxygen atoms in total. The number of hydrogen-bond donors (Lipinski definition) is 0. The molecule has 0 amide bonds. The van der Waals surface area contributed by atoms with Crippen LogP contribution in [-0.4, -0.2) is 5.78 Å². The average Bonchev–Trinajstić information content (AvgIpc) is 2.41. The Morgan fingerprint density at radius 1 is 1.16 bits per heavy atom. The van der Waals surface area contributed by atoms with E-state index in [-0.39, 0.29) is 11.6 Å². The molecule has 0 aliphatic heterocycles. The summed E-state index contributed by atoms with van der Waals surface area (Å²) >= 11 is 15.4. The molecule has 1 unspecified atom stereocenters. The van der Waals surface area contributed by atoms with Crippen molar-refractivity contribution in [1.29, 1.82) is 0 Å². The fourth-order valence-electron chi connectivity index (χ4n) is 1.61. The van der Waals surface area contributed by atoms with Crippen LogP contribution in [0.3, 0.4) is 0 Å². The molecule has 2 rings (SSSR count). The lowest BCUT2D eigenvalue weighted by atomic mass is 10.0. The minimum absolute atomic E-state index is 0.320. The van der Waals surface area contributed by atoms with Crippen LogP contribution in [0.25, 0.3) is 0 Å². The van der Waals surface area contributed by atoms with E-state index in [1.54, 1.807) is 18.2 Å². The maximum atomic E-state index is 12.8. The van der Waals surface area contributed by atoms with Gasteiger partial charge in [0.05, 0.1) is 5.02 Å². The molecule has 0 fully saturated rings. The van der Waals surface area contributed by atoms with Crippen molar-refractivity contribution in [2.75, 3.05) is 0 Å². The molecule has 1 atom stereocenters. The normalized spacial score (nSPS) is 12.2. The maximum absolute atomic E-state index is 12.8. The number of alkyl halides is 1. The molecule has 0 N–H and O–H groups in total. The van der Waals surface area contributed by atoms with Crippen molar-refractivity contribution in [3.63, 3.8) is 0 Å². The monoisotopic (exact) mass is 360 g/mol. The predicted octanol–water partition coefficient (Wildman–Crippen LogP) is 5.40. The molecule has 19 heavy (non-hydrogen) atoms. The molecule has 2 aromatic carbocycles. The summed E-state index contributed by atoms with van der Waals surface area (Å²) in [7, 11) is 0. The third-order valence-corrected chi connectivity index (χ3v) is 3.86. The molecule has 0 radical (unpaired) electrons. The Bertz CT molecular complexity index is 613. The summed E-state index contributed by atoms with van der Waals surface area (Å²) < 4.78 is 13.6. The topological polar surface area (TPSA) is 17.1 Å².